The first-order chi connectivity index (χ1) is 22.2. The average molecular weight is 759 g/mol. The summed E-state index contributed by atoms with van der Waals surface area (Å²) in [6.45, 7) is 4.31. The molecule has 0 aromatic heterocycles. The zero-order valence-corrected chi connectivity index (χ0v) is 30.6. The van der Waals surface area contributed by atoms with Crippen molar-refractivity contribution in [1.82, 2.24) is 14.7 Å². The lowest BCUT2D eigenvalue weighted by Crippen LogP contribution is -2.54. The molecule has 2 amide bonds. The van der Waals surface area contributed by atoms with E-state index in [4.69, 9.17) is 32.9 Å². The number of nitrogens with one attached hydrogen (secondary N) is 1. The van der Waals surface area contributed by atoms with Crippen molar-refractivity contribution in [3.8, 4) is 5.75 Å². The second-order valence-electron chi connectivity index (χ2n) is 11.6. The van der Waals surface area contributed by atoms with Crippen LogP contribution in [0.2, 0.25) is 10.0 Å². The van der Waals surface area contributed by atoms with E-state index in [2.05, 4.69) is 4.72 Å². The molecule has 0 aliphatic carbocycles. The fraction of sp³-hybridized carbons (Fsp3) is 0.375. The Hall–Kier alpha value is -3.07. The Morgan fingerprint density at radius 2 is 1.48 bits per heavy atom. The van der Waals surface area contributed by atoms with Crippen LogP contribution in [0.1, 0.15) is 35.7 Å². The van der Waals surface area contributed by atoms with Crippen LogP contribution in [0.3, 0.4) is 0 Å². The SMILES string of the molecule is CCOc1cc(NS(C)(=O)=O)ccc1C1=N[C@@H](c2ccc(Cl)cc2)[C@@H](c2ccc(Cl)cc2)N1C(=O)N1CCN(CCS(C)(=O)=O)CC1.Cl. The molecule has 2 heterocycles. The maximum atomic E-state index is 14.7. The molecule has 5 rings (SSSR count). The van der Waals surface area contributed by atoms with Crippen LogP contribution in [-0.4, -0.2) is 101 Å². The number of sulfone groups is 1. The number of sulfonamides is 1. The highest BCUT2D eigenvalue weighted by Gasteiger charge is 2.45. The van der Waals surface area contributed by atoms with Crippen molar-refractivity contribution in [3.05, 3.63) is 93.5 Å². The zero-order chi connectivity index (χ0) is 33.9. The van der Waals surface area contributed by atoms with Gasteiger partial charge in [0.2, 0.25) is 10.0 Å². The number of nitrogens with zero attached hydrogens (tertiary/aromatic N) is 4. The molecule has 1 saturated heterocycles. The molecule has 2 aliphatic heterocycles. The van der Waals surface area contributed by atoms with Gasteiger partial charge in [0.1, 0.15) is 27.5 Å². The maximum Gasteiger partial charge on any atom is 0.326 e. The van der Waals surface area contributed by atoms with Crippen LogP contribution >= 0.6 is 35.6 Å². The van der Waals surface area contributed by atoms with Crippen LogP contribution in [0.5, 0.6) is 5.75 Å². The monoisotopic (exact) mass is 757 g/mol. The van der Waals surface area contributed by atoms with Gasteiger partial charge >= 0.3 is 6.03 Å². The molecule has 260 valence electrons. The number of ether oxygens (including phenoxy) is 1. The zero-order valence-electron chi connectivity index (χ0n) is 26.7. The predicted molar refractivity (Wildman–Crippen MR) is 193 cm³/mol. The Kier molecular flexibility index (Phi) is 12.3. The van der Waals surface area contributed by atoms with E-state index in [0.29, 0.717) is 65.6 Å². The van der Waals surface area contributed by atoms with Gasteiger partial charge in [0.15, 0.2) is 0 Å². The molecule has 0 saturated carbocycles. The smallest absolute Gasteiger partial charge is 0.326 e. The minimum atomic E-state index is -3.56. The summed E-state index contributed by atoms with van der Waals surface area (Å²) in [6, 6.07) is 18.1. The standard InChI is InChI=1S/C32H37Cl2N5O6S2.ClH/c1-4-45-28-21-26(36-47(3,43)44)13-14-27(28)31-35-29(22-5-9-24(33)10-6-22)30(23-7-11-25(34)12-8-23)39(31)32(40)38-17-15-37(16-18-38)19-20-46(2,41)42;/h5-14,21,29-30,36H,4,15-20H2,1-3H3;1H/t29-,30+;/m0./s1. The van der Waals surface area contributed by atoms with Crippen LogP contribution in [-0.2, 0) is 19.9 Å². The molecule has 1 fully saturated rings. The van der Waals surface area contributed by atoms with Crippen molar-refractivity contribution in [2.75, 3.05) is 62.3 Å². The highest BCUT2D eigenvalue weighted by atomic mass is 35.5. The molecule has 2 aliphatic rings. The van der Waals surface area contributed by atoms with Gasteiger partial charge in [-0.1, -0.05) is 47.5 Å². The number of aliphatic imine (C=N–C) groups is 1. The number of benzene rings is 3. The molecule has 0 bridgehead atoms. The Morgan fingerprint density at radius 3 is 2.02 bits per heavy atom. The van der Waals surface area contributed by atoms with Crippen LogP contribution in [0, 0.1) is 0 Å². The first-order valence-corrected chi connectivity index (χ1v) is 19.7. The van der Waals surface area contributed by atoms with Gasteiger partial charge in [-0.25, -0.2) is 21.6 Å². The van der Waals surface area contributed by atoms with Crippen molar-refractivity contribution in [1.29, 1.82) is 0 Å². The van der Waals surface area contributed by atoms with Crippen molar-refractivity contribution < 1.29 is 26.4 Å². The summed E-state index contributed by atoms with van der Waals surface area (Å²) in [7, 11) is -6.68. The highest BCUT2D eigenvalue weighted by Crippen LogP contribution is 2.45. The number of hydrogen-bond donors (Lipinski definition) is 1. The van der Waals surface area contributed by atoms with Crippen LogP contribution < -0.4 is 9.46 Å². The topological polar surface area (TPSA) is 129 Å². The van der Waals surface area contributed by atoms with Crippen LogP contribution in [0.4, 0.5) is 10.5 Å². The number of amides is 2. The van der Waals surface area contributed by atoms with Gasteiger partial charge in [0.05, 0.1) is 35.9 Å². The first kappa shape index (κ1) is 37.7. The van der Waals surface area contributed by atoms with Crippen molar-refractivity contribution in [2.24, 2.45) is 4.99 Å². The lowest BCUT2D eigenvalue weighted by atomic mass is 9.93. The summed E-state index contributed by atoms with van der Waals surface area (Å²) in [5.41, 5.74) is 2.47. The summed E-state index contributed by atoms with van der Waals surface area (Å²) in [6.07, 6.45) is 2.28. The fourth-order valence-electron chi connectivity index (χ4n) is 5.72. The molecular weight excluding hydrogens is 721 g/mol. The summed E-state index contributed by atoms with van der Waals surface area (Å²) in [5, 5.41) is 1.11. The molecule has 3 aromatic rings. The van der Waals surface area contributed by atoms with Gasteiger partial charge in [-0.2, -0.15) is 0 Å². The molecule has 0 radical (unpaired) electrons. The van der Waals surface area contributed by atoms with Crippen LogP contribution in [0.25, 0.3) is 0 Å². The Bertz CT molecular complexity index is 1850. The third kappa shape index (κ3) is 9.33. The predicted octanol–water partition coefficient (Wildman–Crippen LogP) is 5.51. The average Bonchev–Trinajstić information content (AvgIpc) is 3.40. The molecule has 11 nitrogen and oxygen atoms in total. The molecular formula is C32H38Cl3N5O6S2. The van der Waals surface area contributed by atoms with E-state index < -0.39 is 31.9 Å². The molecule has 1 N–H and O–H groups in total. The number of amidine groups is 1. The third-order valence-electron chi connectivity index (χ3n) is 7.94. The van der Waals surface area contributed by atoms with Gasteiger partial charge in [-0.3, -0.25) is 19.5 Å². The number of carbonyl (C=O) groups is 1. The lowest BCUT2D eigenvalue weighted by molar-refractivity contribution is 0.122. The van der Waals surface area contributed by atoms with Gasteiger partial charge < -0.3 is 9.64 Å². The molecule has 0 unspecified atom stereocenters. The molecule has 0 spiro atoms. The van der Waals surface area contributed by atoms with E-state index in [1.165, 1.54) is 6.26 Å². The van der Waals surface area contributed by atoms with Crippen molar-refractivity contribution in [2.45, 2.75) is 19.0 Å². The van der Waals surface area contributed by atoms with E-state index >= 15 is 0 Å². The Labute approximate surface area is 298 Å². The number of anilines is 1. The Balaban J connectivity index is 0.00000520. The summed E-state index contributed by atoms with van der Waals surface area (Å²) < 4.78 is 56.0. The molecule has 16 heteroatoms. The number of urea groups is 1. The van der Waals surface area contributed by atoms with E-state index in [1.54, 1.807) is 52.3 Å². The summed E-state index contributed by atoms with van der Waals surface area (Å²) >= 11 is 12.5. The number of piperazine rings is 1. The quantitative estimate of drug-likeness (QED) is 0.289. The van der Waals surface area contributed by atoms with E-state index in [0.717, 1.165) is 17.4 Å². The number of carbonyl (C=O) groups excluding carboxylic acids is 1. The van der Waals surface area contributed by atoms with E-state index in [9.17, 15) is 21.6 Å². The second-order valence-corrected chi connectivity index (χ2v) is 16.5. The van der Waals surface area contributed by atoms with E-state index in [-0.39, 0.29) is 30.8 Å². The van der Waals surface area contributed by atoms with Crippen LogP contribution in [0.15, 0.2) is 71.7 Å². The summed E-state index contributed by atoms with van der Waals surface area (Å²) in [5.74, 6) is 0.772. The van der Waals surface area contributed by atoms with Gasteiger partial charge in [-0.05, 0) is 54.4 Å². The fourth-order valence-corrected chi connectivity index (χ4v) is 7.12. The Morgan fingerprint density at radius 1 is 0.896 bits per heavy atom. The summed E-state index contributed by atoms with van der Waals surface area (Å²) in [4.78, 5) is 25.3. The van der Waals surface area contributed by atoms with Crippen molar-refractivity contribution in [3.63, 3.8) is 0 Å². The molecule has 48 heavy (non-hydrogen) atoms. The van der Waals surface area contributed by atoms with Gasteiger partial charge in [-0.15, -0.1) is 12.4 Å². The normalized spacial score (nSPS) is 18.6. The number of hydrogen-bond acceptors (Lipinski definition) is 8. The number of rotatable bonds is 10. The first-order valence-electron chi connectivity index (χ1n) is 15.0. The second kappa shape index (κ2) is 15.6. The minimum Gasteiger partial charge on any atom is -0.493 e. The van der Waals surface area contributed by atoms with Crippen molar-refractivity contribution >= 4 is 73.0 Å². The molecule has 2 atom stereocenters. The maximum absolute atomic E-state index is 14.7. The number of halogens is 3. The molecule has 3 aromatic carbocycles. The minimum absolute atomic E-state index is 0. The van der Waals surface area contributed by atoms with E-state index in [1.807, 2.05) is 36.1 Å². The van der Waals surface area contributed by atoms with Gasteiger partial charge in [0, 0.05) is 55.1 Å². The third-order valence-corrected chi connectivity index (χ3v) is 9.98. The lowest BCUT2D eigenvalue weighted by Gasteiger charge is -2.39. The largest absolute Gasteiger partial charge is 0.493 e. The highest BCUT2D eigenvalue weighted by molar-refractivity contribution is 7.92. The van der Waals surface area contributed by atoms with Gasteiger partial charge in [0.25, 0.3) is 0 Å².